The number of nitrogens with zero attached hydrogens (tertiary/aromatic N) is 1. The van der Waals surface area contributed by atoms with Crippen LogP contribution in [0.15, 0.2) is 22.2 Å². The second-order valence-electron chi connectivity index (χ2n) is 4.69. The SMILES string of the molecule is O=C(NC1(C(=O)O)CCSC1)c1csc(-c2ccsc2)n1. The Bertz CT molecular complexity index is 660. The van der Waals surface area contributed by atoms with Crippen LogP contribution in [0.2, 0.25) is 0 Å². The van der Waals surface area contributed by atoms with Crippen LogP contribution < -0.4 is 5.32 Å². The Hall–Kier alpha value is -1.38. The number of hydrogen-bond donors (Lipinski definition) is 2. The highest BCUT2D eigenvalue weighted by Crippen LogP contribution is 2.29. The zero-order valence-corrected chi connectivity index (χ0v) is 13.3. The van der Waals surface area contributed by atoms with Gasteiger partial charge in [-0.3, -0.25) is 4.79 Å². The van der Waals surface area contributed by atoms with E-state index in [1.165, 1.54) is 23.1 Å². The largest absolute Gasteiger partial charge is 0.479 e. The second-order valence-corrected chi connectivity index (χ2v) is 7.44. The number of hydrogen-bond acceptors (Lipinski definition) is 6. The lowest BCUT2D eigenvalue weighted by Gasteiger charge is -2.23. The maximum atomic E-state index is 12.3. The maximum Gasteiger partial charge on any atom is 0.330 e. The van der Waals surface area contributed by atoms with Gasteiger partial charge in [0.2, 0.25) is 0 Å². The molecular formula is C13H12N2O3S3. The minimum absolute atomic E-state index is 0.277. The van der Waals surface area contributed by atoms with Gasteiger partial charge in [-0.2, -0.15) is 23.1 Å². The van der Waals surface area contributed by atoms with E-state index in [0.29, 0.717) is 12.2 Å². The van der Waals surface area contributed by atoms with Crippen molar-refractivity contribution in [3.8, 4) is 10.6 Å². The Kier molecular flexibility index (Phi) is 4.01. The first-order valence-corrected chi connectivity index (χ1v) is 9.20. The van der Waals surface area contributed by atoms with Crippen molar-refractivity contribution in [2.75, 3.05) is 11.5 Å². The molecule has 0 bridgehead atoms. The highest BCUT2D eigenvalue weighted by atomic mass is 32.2. The highest BCUT2D eigenvalue weighted by molar-refractivity contribution is 7.99. The zero-order chi connectivity index (χ0) is 14.9. The molecule has 2 N–H and O–H groups in total. The van der Waals surface area contributed by atoms with Gasteiger partial charge in [-0.05, 0) is 23.6 Å². The van der Waals surface area contributed by atoms with Crippen LogP contribution in [0.4, 0.5) is 0 Å². The van der Waals surface area contributed by atoms with Crippen molar-refractivity contribution in [1.82, 2.24) is 10.3 Å². The third-order valence-electron chi connectivity index (χ3n) is 3.29. The Morgan fingerprint density at radius 1 is 1.38 bits per heavy atom. The van der Waals surface area contributed by atoms with Crippen LogP contribution in [0.1, 0.15) is 16.9 Å². The summed E-state index contributed by atoms with van der Waals surface area (Å²) < 4.78 is 0. The van der Waals surface area contributed by atoms with Gasteiger partial charge < -0.3 is 10.4 Å². The van der Waals surface area contributed by atoms with Gasteiger partial charge in [0, 0.05) is 22.1 Å². The van der Waals surface area contributed by atoms with Gasteiger partial charge in [0.25, 0.3) is 5.91 Å². The molecule has 0 aliphatic carbocycles. The summed E-state index contributed by atoms with van der Waals surface area (Å²) in [5.41, 5.74) is 0.0978. The first-order valence-electron chi connectivity index (χ1n) is 6.22. The number of carboxylic acid groups (broad SMARTS) is 1. The van der Waals surface area contributed by atoms with Crippen LogP contribution in [-0.2, 0) is 4.79 Å². The summed E-state index contributed by atoms with van der Waals surface area (Å²) in [6.07, 6.45) is 0.445. The molecule has 1 aliphatic heterocycles. The Morgan fingerprint density at radius 3 is 2.86 bits per heavy atom. The van der Waals surface area contributed by atoms with E-state index in [2.05, 4.69) is 10.3 Å². The van der Waals surface area contributed by atoms with E-state index in [1.807, 2.05) is 16.8 Å². The molecular weight excluding hydrogens is 328 g/mol. The number of thioether (sulfide) groups is 1. The van der Waals surface area contributed by atoms with Crippen molar-refractivity contribution in [2.24, 2.45) is 0 Å². The number of aliphatic carboxylic acids is 1. The van der Waals surface area contributed by atoms with E-state index in [-0.39, 0.29) is 5.69 Å². The van der Waals surface area contributed by atoms with Crippen LogP contribution in [0.3, 0.4) is 0 Å². The first kappa shape index (κ1) is 14.6. The topological polar surface area (TPSA) is 79.3 Å². The molecule has 1 fully saturated rings. The molecule has 0 spiro atoms. The number of nitrogens with one attached hydrogen (secondary N) is 1. The predicted molar refractivity (Wildman–Crippen MR) is 85.2 cm³/mol. The number of thiophene rings is 1. The monoisotopic (exact) mass is 340 g/mol. The summed E-state index contributed by atoms with van der Waals surface area (Å²) in [7, 11) is 0. The fraction of sp³-hybridized carbons (Fsp3) is 0.308. The predicted octanol–water partition coefficient (Wildman–Crippen LogP) is 2.56. The standard InChI is InChI=1S/C13H12N2O3S3/c16-10(15-13(12(17)18)2-4-20-7-13)9-6-21-11(14-9)8-1-3-19-5-8/h1,3,5-6H,2,4,7H2,(H,15,16)(H,17,18). The van der Waals surface area contributed by atoms with Gasteiger partial charge >= 0.3 is 5.97 Å². The van der Waals surface area contributed by atoms with Crippen molar-refractivity contribution < 1.29 is 14.7 Å². The van der Waals surface area contributed by atoms with Crippen LogP contribution in [0.5, 0.6) is 0 Å². The summed E-state index contributed by atoms with van der Waals surface area (Å²) in [5, 5.41) is 18.4. The molecule has 0 saturated carbocycles. The third-order valence-corrected chi connectivity index (χ3v) is 6.05. The van der Waals surface area contributed by atoms with Crippen molar-refractivity contribution >= 4 is 46.3 Å². The van der Waals surface area contributed by atoms with Gasteiger partial charge in [0.05, 0.1) is 0 Å². The fourth-order valence-corrected chi connectivity index (χ4v) is 4.90. The number of amides is 1. The van der Waals surface area contributed by atoms with Crippen LogP contribution in [0.25, 0.3) is 10.6 Å². The minimum Gasteiger partial charge on any atom is -0.479 e. The molecule has 5 nitrogen and oxygen atoms in total. The molecule has 8 heteroatoms. The van der Waals surface area contributed by atoms with Crippen LogP contribution in [-0.4, -0.2) is 39.0 Å². The summed E-state index contributed by atoms with van der Waals surface area (Å²) in [4.78, 5) is 28.0. The van der Waals surface area contributed by atoms with Crippen LogP contribution >= 0.6 is 34.4 Å². The second kappa shape index (κ2) is 5.78. The molecule has 3 rings (SSSR count). The summed E-state index contributed by atoms with van der Waals surface area (Å²) >= 11 is 4.49. The third kappa shape index (κ3) is 2.83. The summed E-state index contributed by atoms with van der Waals surface area (Å²) in [5.74, 6) is -0.258. The van der Waals surface area contributed by atoms with E-state index >= 15 is 0 Å². The number of thiazole rings is 1. The number of carbonyl (C=O) groups is 2. The van der Waals surface area contributed by atoms with Crippen LogP contribution in [0, 0.1) is 0 Å². The normalized spacial score (nSPS) is 21.3. The number of aromatic nitrogens is 1. The lowest BCUT2D eigenvalue weighted by Crippen LogP contribution is -2.54. The molecule has 1 atom stereocenters. The molecule has 0 aromatic carbocycles. The average molecular weight is 340 g/mol. The smallest absolute Gasteiger partial charge is 0.330 e. The van der Waals surface area contributed by atoms with Gasteiger partial charge in [-0.25, -0.2) is 9.78 Å². The van der Waals surface area contributed by atoms with Gasteiger partial charge in [-0.1, -0.05) is 0 Å². The van der Waals surface area contributed by atoms with Crippen molar-refractivity contribution in [3.63, 3.8) is 0 Å². The highest BCUT2D eigenvalue weighted by Gasteiger charge is 2.43. The number of carboxylic acids is 1. The van der Waals surface area contributed by atoms with Gasteiger partial charge in [0.15, 0.2) is 0 Å². The van der Waals surface area contributed by atoms with E-state index in [9.17, 15) is 14.7 Å². The summed E-state index contributed by atoms with van der Waals surface area (Å²) in [6.45, 7) is 0. The fourth-order valence-electron chi connectivity index (χ4n) is 2.06. The molecule has 21 heavy (non-hydrogen) atoms. The lowest BCUT2D eigenvalue weighted by molar-refractivity contribution is -0.143. The minimum atomic E-state index is -1.16. The van der Waals surface area contributed by atoms with E-state index in [4.69, 9.17) is 0 Å². The van der Waals surface area contributed by atoms with E-state index < -0.39 is 17.4 Å². The average Bonchev–Trinajstić information content (AvgIpc) is 3.20. The van der Waals surface area contributed by atoms with Gasteiger partial charge in [0.1, 0.15) is 16.2 Å². The molecule has 3 heterocycles. The first-order chi connectivity index (χ1) is 10.1. The molecule has 1 aliphatic rings. The molecule has 2 aromatic rings. The Morgan fingerprint density at radius 2 is 2.24 bits per heavy atom. The van der Waals surface area contributed by atoms with E-state index in [0.717, 1.165) is 16.3 Å². The maximum absolute atomic E-state index is 12.3. The molecule has 0 radical (unpaired) electrons. The van der Waals surface area contributed by atoms with Gasteiger partial charge in [-0.15, -0.1) is 11.3 Å². The zero-order valence-electron chi connectivity index (χ0n) is 10.9. The van der Waals surface area contributed by atoms with Crippen molar-refractivity contribution in [2.45, 2.75) is 12.0 Å². The quantitative estimate of drug-likeness (QED) is 0.894. The molecule has 1 unspecified atom stereocenters. The molecule has 1 saturated heterocycles. The Balaban J connectivity index is 1.78. The molecule has 1 amide bonds. The van der Waals surface area contributed by atoms with Crippen molar-refractivity contribution in [3.05, 3.63) is 27.9 Å². The number of carbonyl (C=O) groups excluding carboxylic acids is 1. The molecule has 110 valence electrons. The molecule has 2 aromatic heterocycles. The van der Waals surface area contributed by atoms with E-state index in [1.54, 1.807) is 16.7 Å². The van der Waals surface area contributed by atoms with Crippen molar-refractivity contribution in [1.29, 1.82) is 0 Å². The Labute approximate surface area is 133 Å². The lowest BCUT2D eigenvalue weighted by atomic mass is 9.99. The number of rotatable bonds is 4. The summed E-state index contributed by atoms with van der Waals surface area (Å²) in [6, 6.07) is 1.94.